The first-order chi connectivity index (χ1) is 4.95. The van der Waals surface area contributed by atoms with Crippen molar-refractivity contribution >= 4 is 26.2 Å². The highest BCUT2D eigenvalue weighted by molar-refractivity contribution is 7.08. The second-order valence-electron chi connectivity index (χ2n) is 1.62. The van der Waals surface area contributed by atoms with Gasteiger partial charge in [0.1, 0.15) is 0 Å². The number of carboxylic acid groups (broad SMARTS) is 2. The van der Waals surface area contributed by atoms with Gasteiger partial charge in [-0.15, -0.1) is 0 Å². The predicted octanol–water partition coefficient (Wildman–Crippen LogP) is -1.10. The molecule has 0 aliphatic carbocycles. The van der Waals surface area contributed by atoms with Crippen molar-refractivity contribution in [1.82, 2.24) is 4.98 Å². The van der Waals surface area contributed by atoms with Crippen molar-refractivity contribution in [2.45, 2.75) is 0 Å². The molecule has 5 N–H and O–H groups in total. The maximum atomic E-state index is 10.1. The van der Waals surface area contributed by atoms with E-state index < -0.39 is 26.2 Å². The Morgan fingerprint density at radius 2 is 1.55 bits per heavy atom. The first kappa shape index (κ1) is 9.43. The molecule has 0 heterocycles. The van der Waals surface area contributed by atoms with Crippen molar-refractivity contribution in [2.24, 2.45) is 5.73 Å². The first-order valence-electron chi connectivity index (χ1n) is 2.46. The molecule has 8 heteroatoms. The zero-order valence-corrected chi connectivity index (χ0v) is 6.43. The van der Waals surface area contributed by atoms with Gasteiger partial charge in [-0.3, -0.25) is 14.4 Å². The largest absolute Gasteiger partial charge is 0.484 e. The summed E-state index contributed by atoms with van der Waals surface area (Å²) in [6.45, 7) is 0. The minimum atomic E-state index is -3.33. The third-order valence-corrected chi connectivity index (χ3v) is 2.34. The molecule has 0 aromatic carbocycles. The average Bonchev–Trinajstić information content (AvgIpc) is 1.81. The minimum absolute atomic E-state index is 1.13. The van der Waals surface area contributed by atoms with E-state index in [1.54, 1.807) is 4.98 Å². The summed E-state index contributed by atoms with van der Waals surface area (Å²) < 4.78 is 0. The summed E-state index contributed by atoms with van der Waals surface area (Å²) in [6, 6.07) is -1.13. The average molecular weight is 178 g/mol. The molecule has 0 saturated carbocycles. The molecular formula is C3H6N2O5Si. The molecule has 0 aliphatic rings. The van der Waals surface area contributed by atoms with Crippen LogP contribution in [0.2, 0.25) is 0 Å². The van der Waals surface area contributed by atoms with Crippen molar-refractivity contribution in [1.29, 1.82) is 0 Å². The number of carbonyl (C=O) groups is 3. The number of hydrogen-bond acceptors (Lipinski definition) is 3. The van der Waals surface area contributed by atoms with E-state index in [0.717, 1.165) is 0 Å². The number of nitrogens with one attached hydrogen (secondary N) is 1. The van der Waals surface area contributed by atoms with E-state index in [0.29, 0.717) is 0 Å². The highest BCUT2D eigenvalue weighted by Gasteiger charge is 2.30. The Kier molecular flexibility index (Phi) is 3.05. The van der Waals surface area contributed by atoms with Gasteiger partial charge in [-0.2, -0.15) is 0 Å². The highest BCUT2D eigenvalue weighted by atomic mass is 28.3. The second-order valence-corrected chi connectivity index (χ2v) is 3.76. The lowest BCUT2D eigenvalue weighted by Gasteiger charge is -2.03. The third kappa shape index (κ3) is 3.20. The summed E-state index contributed by atoms with van der Waals surface area (Å²) in [7, 11) is -3.33. The Balaban J connectivity index is 4.23. The molecule has 11 heavy (non-hydrogen) atoms. The number of urea groups is 1. The standard InChI is InChI=1S/C3H6N2O5Si/c4-1(6)5-11(2(7)8)3(9)10/h11H,(H,7,8)(H,9,10)(H3,4,5,6). The lowest BCUT2D eigenvalue weighted by Crippen LogP contribution is -2.52. The van der Waals surface area contributed by atoms with Gasteiger partial charge in [-0.25, -0.2) is 0 Å². The van der Waals surface area contributed by atoms with Crippen LogP contribution >= 0.6 is 0 Å². The molecule has 0 fully saturated rings. The van der Waals surface area contributed by atoms with Crippen LogP contribution in [0.1, 0.15) is 0 Å². The van der Waals surface area contributed by atoms with Crippen molar-refractivity contribution < 1.29 is 24.6 Å². The lowest BCUT2D eigenvalue weighted by molar-refractivity contribution is 0.209. The van der Waals surface area contributed by atoms with Gasteiger partial charge in [0.15, 0.2) is 0 Å². The molecular weight excluding hydrogens is 172 g/mol. The molecule has 0 spiro atoms. The molecule has 2 amide bonds. The van der Waals surface area contributed by atoms with Gasteiger partial charge in [0, 0.05) is 0 Å². The van der Waals surface area contributed by atoms with Gasteiger partial charge in [0.2, 0.25) is 0 Å². The minimum Gasteiger partial charge on any atom is -0.484 e. The molecule has 0 aliphatic heterocycles. The summed E-state index contributed by atoms with van der Waals surface area (Å²) in [5.41, 5.74) is 1.46. The molecule has 7 nitrogen and oxygen atoms in total. The lowest BCUT2D eigenvalue weighted by atomic mass is 11.2. The monoisotopic (exact) mass is 178 g/mol. The molecule has 0 unspecified atom stereocenters. The van der Waals surface area contributed by atoms with Crippen molar-refractivity contribution in [3.63, 3.8) is 0 Å². The van der Waals surface area contributed by atoms with Crippen LogP contribution in [-0.4, -0.2) is 36.4 Å². The Bertz CT molecular complexity index is 190. The second kappa shape index (κ2) is 3.56. The Labute approximate surface area is 62.5 Å². The van der Waals surface area contributed by atoms with Gasteiger partial charge >= 0.3 is 26.2 Å². The quantitative estimate of drug-likeness (QED) is 0.407. The normalized spacial score (nSPS) is 9.18. The Morgan fingerprint density at radius 1 is 1.18 bits per heavy atom. The van der Waals surface area contributed by atoms with Gasteiger partial charge in [0.25, 0.3) is 0 Å². The smallest absolute Gasteiger partial charge is 0.394 e. The van der Waals surface area contributed by atoms with E-state index in [1.165, 1.54) is 0 Å². The van der Waals surface area contributed by atoms with Crippen LogP contribution in [0.4, 0.5) is 14.4 Å². The molecule has 0 radical (unpaired) electrons. The maximum Gasteiger partial charge on any atom is 0.394 e. The number of hydrogen-bond donors (Lipinski definition) is 4. The van der Waals surface area contributed by atoms with Crippen LogP contribution in [0.3, 0.4) is 0 Å². The fourth-order valence-electron chi connectivity index (χ4n) is 0.371. The van der Waals surface area contributed by atoms with Crippen LogP contribution < -0.4 is 10.7 Å². The summed E-state index contributed by atoms with van der Waals surface area (Å²) in [6.07, 6.45) is 0. The van der Waals surface area contributed by atoms with Crippen molar-refractivity contribution in [3.8, 4) is 0 Å². The fraction of sp³-hybridized carbons (Fsp3) is 0. The zero-order valence-electron chi connectivity index (χ0n) is 5.27. The molecule has 0 rings (SSSR count). The number of carbonyl (C=O) groups excluding carboxylic acids is 1. The van der Waals surface area contributed by atoms with Gasteiger partial charge in [-0.1, -0.05) is 0 Å². The molecule has 0 saturated heterocycles. The SMILES string of the molecule is NC(=O)N[SiH](C(=O)O)C(=O)O. The van der Waals surface area contributed by atoms with E-state index in [4.69, 9.17) is 10.2 Å². The Morgan fingerprint density at radius 3 is 1.64 bits per heavy atom. The molecule has 0 aromatic heterocycles. The van der Waals surface area contributed by atoms with E-state index in [2.05, 4.69) is 5.73 Å². The topological polar surface area (TPSA) is 130 Å². The van der Waals surface area contributed by atoms with E-state index in [1.807, 2.05) is 0 Å². The third-order valence-electron chi connectivity index (χ3n) is 0.780. The molecule has 0 atom stereocenters. The molecule has 0 aromatic rings. The summed E-state index contributed by atoms with van der Waals surface area (Å²) in [4.78, 5) is 31.9. The fourth-order valence-corrected chi connectivity index (χ4v) is 1.11. The van der Waals surface area contributed by atoms with Crippen LogP contribution in [0.25, 0.3) is 0 Å². The van der Waals surface area contributed by atoms with E-state index in [9.17, 15) is 14.4 Å². The predicted molar refractivity (Wildman–Crippen MR) is 35.9 cm³/mol. The summed E-state index contributed by atoms with van der Waals surface area (Å²) in [5.74, 6) is 0. The van der Waals surface area contributed by atoms with Crippen LogP contribution in [0, 0.1) is 0 Å². The number of nitrogens with two attached hydrogens (primary N) is 1. The highest BCUT2D eigenvalue weighted by Crippen LogP contribution is 1.81. The van der Waals surface area contributed by atoms with Crippen LogP contribution in [-0.2, 0) is 0 Å². The van der Waals surface area contributed by atoms with Gasteiger partial charge in [0.05, 0.1) is 0 Å². The number of primary amides is 1. The van der Waals surface area contributed by atoms with Crippen molar-refractivity contribution in [2.75, 3.05) is 0 Å². The van der Waals surface area contributed by atoms with Gasteiger partial charge < -0.3 is 20.9 Å². The summed E-state index contributed by atoms with van der Waals surface area (Å²) in [5, 5.41) is 16.4. The van der Waals surface area contributed by atoms with Crippen molar-refractivity contribution in [3.05, 3.63) is 0 Å². The van der Waals surface area contributed by atoms with E-state index >= 15 is 0 Å². The maximum absolute atomic E-state index is 10.1. The molecule has 62 valence electrons. The first-order valence-corrected chi connectivity index (χ1v) is 4.20. The Hall–Kier alpha value is -1.57. The number of amides is 2. The van der Waals surface area contributed by atoms with E-state index in [-0.39, 0.29) is 0 Å². The van der Waals surface area contributed by atoms with Crippen LogP contribution in [0.5, 0.6) is 0 Å². The van der Waals surface area contributed by atoms with Gasteiger partial charge in [-0.05, 0) is 0 Å². The van der Waals surface area contributed by atoms with Crippen LogP contribution in [0.15, 0.2) is 0 Å². The summed E-state index contributed by atoms with van der Waals surface area (Å²) >= 11 is 0. The molecule has 0 bridgehead atoms. The number of rotatable bonds is 3. The zero-order chi connectivity index (χ0) is 9.02.